The van der Waals surface area contributed by atoms with E-state index in [1.165, 1.54) is 0 Å². The summed E-state index contributed by atoms with van der Waals surface area (Å²) in [6, 6.07) is 9.80. The minimum Gasteiger partial charge on any atom is -0.497 e. The van der Waals surface area contributed by atoms with Crippen LogP contribution in [-0.2, 0) is 10.9 Å². The number of hydrogen-bond donors (Lipinski definition) is 1. The van der Waals surface area contributed by atoms with Crippen LogP contribution in [0.4, 0.5) is 24.5 Å². The molecule has 1 N–H and O–H groups in total. The molecule has 0 amide bonds. The summed E-state index contributed by atoms with van der Waals surface area (Å²) in [5, 5.41) is 14.3. The lowest BCUT2D eigenvalue weighted by molar-refractivity contribution is -0.384. The van der Waals surface area contributed by atoms with Crippen molar-refractivity contribution in [2.75, 3.05) is 45.3 Å². The predicted molar refractivity (Wildman–Crippen MR) is 105 cm³/mol. The van der Waals surface area contributed by atoms with E-state index in [0.29, 0.717) is 38.1 Å². The molecule has 10 heteroatoms. The molecular weight excluding hydrogens is 403 g/mol. The van der Waals surface area contributed by atoms with Crippen molar-refractivity contribution in [3.8, 4) is 5.75 Å². The number of nitrogens with one attached hydrogen (secondary N) is 1. The van der Waals surface area contributed by atoms with Crippen LogP contribution >= 0.6 is 0 Å². The van der Waals surface area contributed by atoms with Gasteiger partial charge in [-0.25, -0.2) is 0 Å². The first-order chi connectivity index (χ1) is 14.3. The first kappa shape index (κ1) is 21.8. The Morgan fingerprint density at radius 3 is 2.43 bits per heavy atom. The molecule has 3 rings (SSSR count). The van der Waals surface area contributed by atoms with Gasteiger partial charge in [-0.3, -0.25) is 15.0 Å². The van der Waals surface area contributed by atoms with Crippen LogP contribution in [0.3, 0.4) is 0 Å². The average molecular weight is 425 g/mol. The van der Waals surface area contributed by atoms with Crippen molar-refractivity contribution < 1.29 is 27.6 Å². The highest BCUT2D eigenvalue weighted by Gasteiger charge is 2.33. The first-order valence-corrected chi connectivity index (χ1v) is 9.35. The molecule has 1 aliphatic rings. The van der Waals surface area contributed by atoms with Crippen molar-refractivity contribution in [1.82, 2.24) is 4.90 Å². The number of nitro groups is 1. The third-order valence-electron chi connectivity index (χ3n) is 4.99. The van der Waals surface area contributed by atoms with E-state index in [1.54, 1.807) is 7.11 Å². The second-order valence-corrected chi connectivity index (χ2v) is 6.80. The molecule has 0 saturated carbocycles. The highest BCUT2D eigenvalue weighted by Crippen LogP contribution is 2.35. The van der Waals surface area contributed by atoms with Gasteiger partial charge in [0.05, 0.1) is 36.9 Å². The van der Waals surface area contributed by atoms with Crippen molar-refractivity contribution in [3.05, 3.63) is 63.7 Å². The Kier molecular flexibility index (Phi) is 6.78. The van der Waals surface area contributed by atoms with Crippen molar-refractivity contribution in [2.45, 2.75) is 12.2 Å². The van der Waals surface area contributed by atoms with Crippen molar-refractivity contribution in [3.63, 3.8) is 0 Å². The first-order valence-electron chi connectivity index (χ1n) is 9.35. The largest absolute Gasteiger partial charge is 0.497 e. The lowest BCUT2D eigenvalue weighted by Crippen LogP contribution is -2.41. The molecule has 0 aromatic heterocycles. The molecule has 1 aliphatic heterocycles. The molecule has 162 valence electrons. The van der Waals surface area contributed by atoms with Crippen molar-refractivity contribution in [2.24, 2.45) is 0 Å². The van der Waals surface area contributed by atoms with Crippen LogP contribution in [0.5, 0.6) is 5.75 Å². The lowest BCUT2D eigenvalue weighted by Gasteiger charge is -2.35. The van der Waals surface area contributed by atoms with Crippen LogP contribution in [0, 0.1) is 10.1 Å². The van der Waals surface area contributed by atoms with Gasteiger partial charge in [-0.2, -0.15) is 13.2 Å². The van der Waals surface area contributed by atoms with Crippen LogP contribution in [0.25, 0.3) is 0 Å². The minimum absolute atomic E-state index is 0.0415. The molecule has 1 saturated heterocycles. The van der Waals surface area contributed by atoms with Gasteiger partial charge in [-0.05, 0) is 29.8 Å². The number of ether oxygens (including phenoxy) is 2. The molecule has 0 spiro atoms. The monoisotopic (exact) mass is 425 g/mol. The van der Waals surface area contributed by atoms with Gasteiger partial charge < -0.3 is 14.8 Å². The fourth-order valence-electron chi connectivity index (χ4n) is 3.39. The van der Waals surface area contributed by atoms with Crippen LogP contribution in [-0.4, -0.2) is 49.8 Å². The predicted octanol–water partition coefficient (Wildman–Crippen LogP) is 4.11. The van der Waals surface area contributed by atoms with Crippen LogP contribution < -0.4 is 10.1 Å². The summed E-state index contributed by atoms with van der Waals surface area (Å²) >= 11 is 0. The van der Waals surface area contributed by atoms with Gasteiger partial charge in [0.1, 0.15) is 11.4 Å². The smallest absolute Gasteiger partial charge is 0.416 e. The summed E-state index contributed by atoms with van der Waals surface area (Å²) < 4.78 is 49.4. The van der Waals surface area contributed by atoms with E-state index in [9.17, 15) is 23.3 Å². The Morgan fingerprint density at radius 1 is 1.20 bits per heavy atom. The number of nitro benzene ring substituents is 1. The van der Waals surface area contributed by atoms with Gasteiger partial charge in [-0.1, -0.05) is 12.1 Å². The summed E-state index contributed by atoms with van der Waals surface area (Å²) in [7, 11) is 1.57. The number of nitrogens with zero attached hydrogens (tertiary/aromatic N) is 2. The quantitative estimate of drug-likeness (QED) is 0.532. The molecule has 1 fully saturated rings. The Hall–Kier alpha value is -2.85. The van der Waals surface area contributed by atoms with Crippen molar-refractivity contribution in [1.29, 1.82) is 0 Å². The van der Waals surface area contributed by atoms with E-state index in [0.717, 1.165) is 17.7 Å². The summed E-state index contributed by atoms with van der Waals surface area (Å²) in [5.74, 6) is 0.700. The molecule has 0 aliphatic carbocycles. The Balaban J connectivity index is 1.85. The van der Waals surface area contributed by atoms with Crippen molar-refractivity contribution >= 4 is 11.4 Å². The maximum Gasteiger partial charge on any atom is 0.416 e. The molecule has 2 aromatic carbocycles. The van der Waals surface area contributed by atoms with Gasteiger partial charge in [0.25, 0.3) is 5.69 Å². The normalized spacial score (nSPS) is 16.1. The number of methoxy groups -OCH3 is 1. The average Bonchev–Trinajstić information content (AvgIpc) is 2.74. The van der Waals surface area contributed by atoms with E-state index < -0.39 is 22.4 Å². The van der Waals surface area contributed by atoms with E-state index in [-0.39, 0.29) is 18.3 Å². The third-order valence-corrected chi connectivity index (χ3v) is 4.99. The fraction of sp³-hybridized carbons (Fsp3) is 0.400. The fourth-order valence-corrected chi connectivity index (χ4v) is 3.39. The maximum absolute atomic E-state index is 12.9. The second-order valence-electron chi connectivity index (χ2n) is 6.80. The Labute approximate surface area is 171 Å². The molecule has 0 radical (unpaired) electrons. The maximum atomic E-state index is 12.9. The number of hydrogen-bond acceptors (Lipinski definition) is 6. The zero-order valence-electron chi connectivity index (χ0n) is 16.3. The van der Waals surface area contributed by atoms with E-state index in [2.05, 4.69) is 10.2 Å². The SMILES string of the molecule is COc1ccc([C@@H](CNc2ccc(C(F)(F)F)cc2[N+](=O)[O-])N2CCOCC2)cc1. The van der Waals surface area contributed by atoms with Gasteiger partial charge in [0.2, 0.25) is 0 Å². The Bertz CT molecular complexity index is 869. The zero-order valence-corrected chi connectivity index (χ0v) is 16.3. The van der Waals surface area contributed by atoms with E-state index >= 15 is 0 Å². The topological polar surface area (TPSA) is 76.9 Å². The minimum atomic E-state index is -4.65. The molecule has 2 aromatic rings. The molecular formula is C20H22F3N3O4. The molecule has 30 heavy (non-hydrogen) atoms. The second kappa shape index (κ2) is 9.31. The molecule has 1 heterocycles. The number of morpholine rings is 1. The number of rotatable bonds is 7. The van der Waals surface area contributed by atoms with Gasteiger partial charge in [0.15, 0.2) is 0 Å². The number of alkyl halides is 3. The summed E-state index contributed by atoms with van der Waals surface area (Å²) in [5.41, 5.74) is -0.667. The third kappa shape index (κ3) is 5.19. The standard InChI is InChI=1S/C20H22F3N3O4/c1-29-16-5-2-14(3-6-16)19(25-8-10-30-11-9-25)13-24-17-7-4-15(20(21,22)23)12-18(17)26(27)28/h2-7,12,19,24H,8-11,13H2,1H3/t19-/m1/s1. The number of anilines is 1. The molecule has 0 unspecified atom stereocenters. The number of halogens is 3. The van der Waals surface area contributed by atoms with Crippen LogP contribution in [0.1, 0.15) is 17.2 Å². The molecule has 1 atom stereocenters. The van der Waals surface area contributed by atoms with Crippen LogP contribution in [0.2, 0.25) is 0 Å². The molecule has 0 bridgehead atoms. The number of benzene rings is 2. The summed E-state index contributed by atoms with van der Waals surface area (Å²) in [4.78, 5) is 12.7. The highest BCUT2D eigenvalue weighted by atomic mass is 19.4. The molecule has 7 nitrogen and oxygen atoms in total. The van der Waals surface area contributed by atoms with Gasteiger partial charge in [0, 0.05) is 25.7 Å². The summed E-state index contributed by atoms with van der Waals surface area (Å²) in [6.45, 7) is 2.75. The van der Waals surface area contributed by atoms with E-state index in [4.69, 9.17) is 9.47 Å². The van der Waals surface area contributed by atoms with E-state index in [1.807, 2.05) is 24.3 Å². The Morgan fingerprint density at radius 2 is 1.87 bits per heavy atom. The van der Waals surface area contributed by atoms with Crippen LogP contribution in [0.15, 0.2) is 42.5 Å². The summed E-state index contributed by atoms with van der Waals surface area (Å²) in [6.07, 6.45) is -4.65. The highest BCUT2D eigenvalue weighted by molar-refractivity contribution is 5.63. The van der Waals surface area contributed by atoms with Gasteiger partial charge in [-0.15, -0.1) is 0 Å². The lowest BCUT2D eigenvalue weighted by atomic mass is 10.0. The van der Waals surface area contributed by atoms with Gasteiger partial charge >= 0.3 is 6.18 Å². The zero-order chi connectivity index (χ0) is 21.7.